The molecule has 0 spiro atoms. The molecule has 0 atom stereocenters. The molecule has 4 rings (SSSR count). The van der Waals surface area contributed by atoms with Gasteiger partial charge in [0.1, 0.15) is 22.9 Å². The molecule has 0 aliphatic rings. The predicted octanol–water partition coefficient (Wildman–Crippen LogP) is 6.40. The summed E-state index contributed by atoms with van der Waals surface area (Å²) in [5.41, 5.74) is -0.321. The first-order chi connectivity index (χ1) is 21.6. The summed E-state index contributed by atoms with van der Waals surface area (Å²) < 4.78 is 65.4. The Labute approximate surface area is 259 Å². The highest BCUT2D eigenvalue weighted by atomic mass is 32.2. The van der Waals surface area contributed by atoms with Gasteiger partial charge in [0, 0.05) is 27.8 Å². The van der Waals surface area contributed by atoms with Gasteiger partial charge in [-0.2, -0.15) is 0 Å². The minimum absolute atomic E-state index is 0.0375. The Kier molecular flexibility index (Phi) is 10.8. The molecule has 4 aromatic carbocycles. The maximum absolute atomic E-state index is 13.9. The van der Waals surface area contributed by atoms with Gasteiger partial charge in [-0.15, -0.1) is 11.8 Å². The molecule has 0 fully saturated rings. The first-order valence-electron chi connectivity index (χ1n) is 13.1. The number of rotatable bonds is 11. The lowest BCUT2D eigenvalue weighted by Crippen LogP contribution is -2.30. The van der Waals surface area contributed by atoms with Crippen molar-refractivity contribution in [2.45, 2.75) is 4.90 Å². The van der Waals surface area contributed by atoms with Crippen molar-refractivity contribution in [1.29, 1.82) is 0 Å². The fraction of sp³-hybridized carbons (Fsp3) is 0.0938. The van der Waals surface area contributed by atoms with E-state index in [0.29, 0.717) is 27.5 Å². The number of methoxy groups -OCH3 is 2. The molecule has 0 aliphatic carbocycles. The minimum Gasteiger partial charge on any atom is -0.497 e. The third-order valence-corrected chi connectivity index (χ3v) is 7.10. The standard InChI is InChI=1S/C32H25F4N3O5S/c1-43-21-11-12-26(44-2)19(13-21)14-25(38-31(41)18-7-4-3-5-8-18)32(42)37-20-9-6-10-22(15-20)45-17-27(40)39-30-28(35)23(33)16-24(34)29(30)36/h3-16H,17H2,1-2H3,(H,37,42)(H,38,41)(H,39,40)/b25-14+. The second-order valence-electron chi connectivity index (χ2n) is 9.15. The van der Waals surface area contributed by atoms with Crippen molar-refractivity contribution in [1.82, 2.24) is 5.32 Å². The van der Waals surface area contributed by atoms with E-state index >= 15 is 0 Å². The lowest BCUT2D eigenvalue weighted by molar-refractivity contribution is -0.114. The van der Waals surface area contributed by atoms with Gasteiger partial charge in [0.05, 0.1) is 20.0 Å². The molecular weight excluding hydrogens is 614 g/mol. The number of benzene rings is 4. The minimum atomic E-state index is -1.73. The molecule has 3 amide bonds. The van der Waals surface area contributed by atoms with E-state index in [2.05, 4.69) is 10.6 Å². The molecule has 0 aromatic heterocycles. The number of carbonyl (C=O) groups is 3. The maximum atomic E-state index is 13.9. The van der Waals surface area contributed by atoms with Crippen LogP contribution in [0.5, 0.6) is 11.5 Å². The van der Waals surface area contributed by atoms with Crippen LogP contribution in [0.15, 0.2) is 89.5 Å². The Morgan fingerprint density at radius 1 is 0.800 bits per heavy atom. The Balaban J connectivity index is 1.52. The van der Waals surface area contributed by atoms with Gasteiger partial charge in [-0.25, -0.2) is 17.6 Å². The molecule has 0 radical (unpaired) electrons. The largest absolute Gasteiger partial charge is 0.497 e. The van der Waals surface area contributed by atoms with Crippen LogP contribution in [0.1, 0.15) is 15.9 Å². The highest BCUT2D eigenvalue weighted by Crippen LogP contribution is 2.28. The first-order valence-corrected chi connectivity index (χ1v) is 14.0. The van der Waals surface area contributed by atoms with E-state index < -0.39 is 46.7 Å². The second kappa shape index (κ2) is 14.9. The summed E-state index contributed by atoms with van der Waals surface area (Å²) in [6.45, 7) is 0. The zero-order valence-electron chi connectivity index (χ0n) is 23.8. The number of ether oxygens (including phenoxy) is 2. The summed E-state index contributed by atoms with van der Waals surface area (Å²) in [5, 5.41) is 7.15. The Hall–Kier alpha value is -5.30. The molecule has 4 aromatic rings. The molecule has 3 N–H and O–H groups in total. The van der Waals surface area contributed by atoms with Crippen LogP contribution in [0, 0.1) is 23.3 Å². The van der Waals surface area contributed by atoms with E-state index in [-0.39, 0.29) is 23.2 Å². The summed E-state index contributed by atoms with van der Waals surface area (Å²) in [7, 11) is 2.93. The van der Waals surface area contributed by atoms with Crippen molar-refractivity contribution in [3.63, 3.8) is 0 Å². The summed E-state index contributed by atoms with van der Waals surface area (Å²) >= 11 is 0.927. The molecule has 0 heterocycles. The van der Waals surface area contributed by atoms with Crippen LogP contribution in [0.2, 0.25) is 0 Å². The number of hydrogen-bond donors (Lipinski definition) is 3. The smallest absolute Gasteiger partial charge is 0.272 e. The average molecular weight is 640 g/mol. The van der Waals surface area contributed by atoms with Gasteiger partial charge >= 0.3 is 0 Å². The third-order valence-electron chi connectivity index (χ3n) is 6.10. The van der Waals surface area contributed by atoms with Crippen LogP contribution in [0.3, 0.4) is 0 Å². The van der Waals surface area contributed by atoms with Crippen molar-refractivity contribution in [2.75, 3.05) is 30.6 Å². The molecule has 0 bridgehead atoms. The zero-order valence-corrected chi connectivity index (χ0v) is 24.6. The van der Waals surface area contributed by atoms with Crippen LogP contribution < -0.4 is 25.4 Å². The molecule has 8 nitrogen and oxygen atoms in total. The van der Waals surface area contributed by atoms with E-state index in [4.69, 9.17) is 9.47 Å². The van der Waals surface area contributed by atoms with Crippen molar-refractivity contribution >= 4 is 46.9 Å². The quantitative estimate of drug-likeness (QED) is 0.0760. The molecule has 0 aliphatic heterocycles. The van der Waals surface area contributed by atoms with E-state index in [1.54, 1.807) is 66.7 Å². The first kappa shape index (κ1) is 32.6. The molecular formula is C32H25F4N3O5S. The zero-order chi connectivity index (χ0) is 32.5. The van der Waals surface area contributed by atoms with E-state index in [1.165, 1.54) is 26.4 Å². The number of halogens is 4. The molecule has 13 heteroatoms. The highest BCUT2D eigenvalue weighted by molar-refractivity contribution is 8.00. The SMILES string of the molecule is COc1ccc(OC)c(/C=C(/NC(=O)c2ccccc2)C(=O)Nc2cccc(SCC(=O)Nc3c(F)c(F)cc(F)c3F)c2)c1. The van der Waals surface area contributed by atoms with Crippen molar-refractivity contribution in [2.24, 2.45) is 0 Å². The van der Waals surface area contributed by atoms with E-state index in [1.807, 2.05) is 5.32 Å². The molecule has 0 unspecified atom stereocenters. The van der Waals surface area contributed by atoms with Gasteiger partial charge in [0.15, 0.2) is 23.3 Å². The molecule has 232 valence electrons. The number of thioether (sulfide) groups is 1. The Morgan fingerprint density at radius 2 is 1.51 bits per heavy atom. The van der Waals surface area contributed by atoms with Crippen molar-refractivity contribution in [3.05, 3.63) is 119 Å². The average Bonchev–Trinajstić information content (AvgIpc) is 3.05. The van der Waals surface area contributed by atoms with Gasteiger partial charge in [0.2, 0.25) is 5.91 Å². The van der Waals surface area contributed by atoms with Gasteiger partial charge in [-0.05, 0) is 54.6 Å². The monoisotopic (exact) mass is 639 g/mol. The Bertz CT molecular complexity index is 1740. The van der Waals surface area contributed by atoms with Gasteiger partial charge in [0.25, 0.3) is 11.8 Å². The highest BCUT2D eigenvalue weighted by Gasteiger charge is 2.21. The van der Waals surface area contributed by atoms with Gasteiger partial charge in [-0.3, -0.25) is 14.4 Å². The lowest BCUT2D eigenvalue weighted by Gasteiger charge is -2.14. The van der Waals surface area contributed by atoms with E-state index in [0.717, 1.165) is 11.8 Å². The normalized spacial score (nSPS) is 11.0. The van der Waals surface area contributed by atoms with Crippen LogP contribution in [-0.4, -0.2) is 37.7 Å². The van der Waals surface area contributed by atoms with E-state index in [9.17, 15) is 31.9 Å². The molecule has 0 saturated heterocycles. The van der Waals surface area contributed by atoms with Crippen molar-refractivity contribution in [3.8, 4) is 11.5 Å². The summed E-state index contributed by atoms with van der Waals surface area (Å²) in [6, 6.07) is 19.5. The molecule has 45 heavy (non-hydrogen) atoms. The van der Waals surface area contributed by atoms with Crippen LogP contribution >= 0.6 is 11.8 Å². The van der Waals surface area contributed by atoms with Crippen molar-refractivity contribution < 1.29 is 41.4 Å². The predicted molar refractivity (Wildman–Crippen MR) is 162 cm³/mol. The fourth-order valence-electron chi connectivity index (χ4n) is 3.92. The number of nitrogens with one attached hydrogen (secondary N) is 3. The number of hydrogen-bond acceptors (Lipinski definition) is 6. The van der Waals surface area contributed by atoms with Crippen LogP contribution in [0.25, 0.3) is 6.08 Å². The third kappa shape index (κ3) is 8.42. The van der Waals surface area contributed by atoms with Crippen LogP contribution in [0.4, 0.5) is 28.9 Å². The number of anilines is 2. The fourth-order valence-corrected chi connectivity index (χ4v) is 4.67. The summed E-state index contributed by atoms with van der Waals surface area (Å²) in [4.78, 5) is 39.2. The van der Waals surface area contributed by atoms with Crippen LogP contribution in [-0.2, 0) is 9.59 Å². The topological polar surface area (TPSA) is 106 Å². The number of carbonyl (C=O) groups excluding carboxylic acids is 3. The van der Waals surface area contributed by atoms with Gasteiger partial charge in [-0.1, -0.05) is 24.3 Å². The molecule has 0 saturated carbocycles. The number of amides is 3. The Morgan fingerprint density at radius 3 is 2.18 bits per heavy atom. The summed E-state index contributed by atoms with van der Waals surface area (Å²) in [6.07, 6.45) is 1.42. The second-order valence-corrected chi connectivity index (χ2v) is 10.2. The maximum Gasteiger partial charge on any atom is 0.272 e. The lowest BCUT2D eigenvalue weighted by atomic mass is 10.1. The summed E-state index contributed by atoms with van der Waals surface area (Å²) in [5.74, 6) is -8.43. The van der Waals surface area contributed by atoms with Gasteiger partial charge < -0.3 is 25.4 Å².